The van der Waals surface area contributed by atoms with Gasteiger partial charge in [0.15, 0.2) is 14.9 Å². The third kappa shape index (κ3) is 2.93. The molecule has 18 heavy (non-hydrogen) atoms. The molecule has 0 amide bonds. The first-order chi connectivity index (χ1) is 8.40. The van der Waals surface area contributed by atoms with Crippen LogP contribution in [0.2, 0.25) is 5.15 Å². The minimum Gasteiger partial charge on any atom is -0.380 e. The van der Waals surface area contributed by atoms with Crippen molar-refractivity contribution in [3.63, 3.8) is 0 Å². The van der Waals surface area contributed by atoms with Gasteiger partial charge in [0, 0.05) is 32.1 Å². The second-order valence-corrected chi connectivity index (χ2v) is 6.70. The average Bonchev–Trinajstić information content (AvgIpc) is 2.75. The molecule has 0 N–H and O–H groups in total. The van der Waals surface area contributed by atoms with Crippen LogP contribution in [0.15, 0.2) is 17.2 Å². The highest BCUT2D eigenvalue weighted by atomic mass is 35.5. The lowest BCUT2D eigenvalue weighted by atomic mass is 10.3. The van der Waals surface area contributed by atoms with Gasteiger partial charge in [0.2, 0.25) is 0 Å². The molecular weight excluding hydrogens is 276 g/mol. The first-order valence-electron chi connectivity index (χ1n) is 5.55. The number of hydrogen-bond acceptors (Lipinski definition) is 5. The van der Waals surface area contributed by atoms with E-state index in [9.17, 15) is 8.42 Å². The van der Waals surface area contributed by atoms with E-state index in [2.05, 4.69) is 9.88 Å². The van der Waals surface area contributed by atoms with Crippen LogP contribution in [0.25, 0.3) is 0 Å². The molecule has 0 spiro atoms. The largest absolute Gasteiger partial charge is 0.380 e. The molecule has 1 aromatic rings. The minimum atomic E-state index is -3.35. The predicted octanol–water partition coefficient (Wildman–Crippen LogP) is 1.36. The first kappa shape index (κ1) is 13.6. The molecule has 1 saturated heterocycles. The van der Waals surface area contributed by atoms with Crippen molar-refractivity contribution in [2.45, 2.75) is 17.6 Å². The Labute approximate surface area is 112 Å². The van der Waals surface area contributed by atoms with E-state index in [4.69, 9.17) is 16.3 Å². The molecule has 5 nitrogen and oxygen atoms in total. The van der Waals surface area contributed by atoms with Crippen molar-refractivity contribution in [1.29, 1.82) is 0 Å². The van der Waals surface area contributed by atoms with Crippen LogP contribution in [0.1, 0.15) is 6.42 Å². The Bertz CT molecular complexity index is 547. The highest BCUT2D eigenvalue weighted by molar-refractivity contribution is 7.90. The van der Waals surface area contributed by atoms with Gasteiger partial charge in [-0.2, -0.15) is 0 Å². The Morgan fingerprint density at radius 2 is 2.22 bits per heavy atom. The number of ether oxygens (including phenoxy) is 1. The molecule has 1 aromatic heterocycles. The number of anilines is 1. The Hall–Kier alpha value is -0.850. The summed E-state index contributed by atoms with van der Waals surface area (Å²) in [5.41, 5.74) is 0.773. The smallest absolute Gasteiger partial charge is 0.192 e. The van der Waals surface area contributed by atoms with Gasteiger partial charge in [0.25, 0.3) is 0 Å². The Morgan fingerprint density at radius 1 is 1.50 bits per heavy atom. The second-order valence-electron chi connectivity index (χ2n) is 4.35. The molecule has 2 rings (SSSR count). The van der Waals surface area contributed by atoms with Gasteiger partial charge >= 0.3 is 0 Å². The third-order valence-electron chi connectivity index (χ3n) is 2.98. The SMILES string of the molecule is COC1CCN(c2cc(Cl)nc(S(C)(=O)=O)c2)C1. The summed E-state index contributed by atoms with van der Waals surface area (Å²) in [4.78, 5) is 5.89. The predicted molar refractivity (Wildman–Crippen MR) is 70.0 cm³/mol. The summed E-state index contributed by atoms with van der Waals surface area (Å²) in [5, 5.41) is 0.194. The number of rotatable bonds is 3. The fraction of sp³-hybridized carbons (Fsp3) is 0.545. The first-order valence-corrected chi connectivity index (χ1v) is 7.82. The van der Waals surface area contributed by atoms with Crippen LogP contribution in [-0.4, -0.2) is 46.0 Å². The summed E-state index contributed by atoms with van der Waals surface area (Å²) in [6.45, 7) is 1.56. The molecule has 0 aliphatic carbocycles. The fourth-order valence-corrected chi connectivity index (χ4v) is 2.84. The van der Waals surface area contributed by atoms with E-state index in [1.165, 1.54) is 0 Å². The van der Waals surface area contributed by atoms with Crippen molar-refractivity contribution in [3.05, 3.63) is 17.3 Å². The normalized spacial score (nSPS) is 20.4. The zero-order valence-electron chi connectivity index (χ0n) is 10.3. The quantitative estimate of drug-likeness (QED) is 0.787. The van der Waals surface area contributed by atoms with Gasteiger partial charge in [-0.3, -0.25) is 0 Å². The van der Waals surface area contributed by atoms with Gasteiger partial charge in [-0.1, -0.05) is 11.6 Å². The van der Waals surface area contributed by atoms with Crippen molar-refractivity contribution in [1.82, 2.24) is 4.98 Å². The zero-order chi connectivity index (χ0) is 13.3. The Balaban J connectivity index is 2.32. The molecule has 7 heteroatoms. The topological polar surface area (TPSA) is 59.5 Å². The summed E-state index contributed by atoms with van der Waals surface area (Å²) >= 11 is 5.87. The summed E-state index contributed by atoms with van der Waals surface area (Å²) in [6.07, 6.45) is 2.22. The molecule has 0 radical (unpaired) electrons. The molecule has 100 valence electrons. The van der Waals surface area contributed by atoms with Crippen LogP contribution in [0.4, 0.5) is 5.69 Å². The van der Waals surface area contributed by atoms with Gasteiger partial charge < -0.3 is 9.64 Å². The van der Waals surface area contributed by atoms with E-state index < -0.39 is 9.84 Å². The number of aromatic nitrogens is 1. The molecule has 0 saturated carbocycles. The van der Waals surface area contributed by atoms with E-state index in [0.29, 0.717) is 0 Å². The molecule has 1 aliphatic rings. The van der Waals surface area contributed by atoms with Gasteiger partial charge in [-0.05, 0) is 18.6 Å². The molecule has 0 aromatic carbocycles. The maximum absolute atomic E-state index is 11.5. The number of pyridine rings is 1. The van der Waals surface area contributed by atoms with Crippen LogP contribution in [0.3, 0.4) is 0 Å². The average molecular weight is 291 g/mol. The van der Waals surface area contributed by atoms with E-state index >= 15 is 0 Å². The fourth-order valence-electron chi connectivity index (χ4n) is 1.99. The van der Waals surface area contributed by atoms with E-state index in [1.807, 2.05) is 0 Å². The van der Waals surface area contributed by atoms with Crippen molar-refractivity contribution in [3.8, 4) is 0 Å². The number of hydrogen-bond donors (Lipinski definition) is 0. The molecule has 2 heterocycles. The Kier molecular flexibility index (Phi) is 3.79. The monoisotopic (exact) mass is 290 g/mol. The molecule has 1 atom stereocenters. The highest BCUT2D eigenvalue weighted by Crippen LogP contribution is 2.26. The van der Waals surface area contributed by atoms with E-state index in [1.54, 1.807) is 19.2 Å². The number of halogens is 1. The van der Waals surface area contributed by atoms with Crippen LogP contribution in [0.5, 0.6) is 0 Å². The van der Waals surface area contributed by atoms with Crippen molar-refractivity contribution >= 4 is 27.1 Å². The molecular formula is C11H15ClN2O3S. The number of sulfone groups is 1. The van der Waals surface area contributed by atoms with Crippen LogP contribution in [0, 0.1) is 0 Å². The third-order valence-corrected chi connectivity index (χ3v) is 4.14. The molecule has 1 aliphatic heterocycles. The summed E-state index contributed by atoms with van der Waals surface area (Å²) in [6, 6.07) is 3.23. The van der Waals surface area contributed by atoms with Crippen molar-refractivity contribution < 1.29 is 13.2 Å². The van der Waals surface area contributed by atoms with E-state index in [0.717, 1.165) is 31.5 Å². The lowest BCUT2D eigenvalue weighted by molar-refractivity contribution is 0.121. The van der Waals surface area contributed by atoms with Crippen LogP contribution in [-0.2, 0) is 14.6 Å². The summed E-state index contributed by atoms with van der Waals surface area (Å²) in [7, 11) is -1.67. The van der Waals surface area contributed by atoms with E-state index in [-0.39, 0.29) is 16.3 Å². The standard InChI is InChI=1S/C11H15ClN2O3S/c1-17-9-3-4-14(7-9)8-5-10(12)13-11(6-8)18(2,15)16/h5-6,9H,3-4,7H2,1-2H3. The molecule has 0 bridgehead atoms. The second kappa shape index (κ2) is 5.03. The van der Waals surface area contributed by atoms with Crippen molar-refractivity contribution in [2.75, 3.05) is 31.4 Å². The maximum Gasteiger partial charge on any atom is 0.192 e. The van der Waals surface area contributed by atoms with Crippen LogP contribution < -0.4 is 4.90 Å². The van der Waals surface area contributed by atoms with Gasteiger partial charge in [-0.25, -0.2) is 13.4 Å². The number of nitrogens with zero attached hydrogens (tertiary/aromatic N) is 2. The lowest BCUT2D eigenvalue weighted by Gasteiger charge is -2.19. The zero-order valence-corrected chi connectivity index (χ0v) is 11.8. The Morgan fingerprint density at radius 3 is 2.78 bits per heavy atom. The van der Waals surface area contributed by atoms with Gasteiger partial charge in [0.1, 0.15) is 5.15 Å². The number of methoxy groups -OCH3 is 1. The van der Waals surface area contributed by atoms with Gasteiger partial charge in [-0.15, -0.1) is 0 Å². The van der Waals surface area contributed by atoms with Gasteiger partial charge in [0.05, 0.1) is 6.10 Å². The highest BCUT2D eigenvalue weighted by Gasteiger charge is 2.24. The molecule has 1 unspecified atom stereocenters. The molecule has 1 fully saturated rings. The van der Waals surface area contributed by atoms with Crippen LogP contribution >= 0.6 is 11.6 Å². The summed E-state index contributed by atoms with van der Waals surface area (Å²) in [5.74, 6) is 0. The maximum atomic E-state index is 11.5. The van der Waals surface area contributed by atoms with Crippen molar-refractivity contribution in [2.24, 2.45) is 0 Å². The summed E-state index contributed by atoms with van der Waals surface area (Å²) < 4.78 is 28.3. The minimum absolute atomic E-state index is 0.00543. The lowest BCUT2D eigenvalue weighted by Crippen LogP contribution is -2.22.